The molecule has 0 unspecified atom stereocenters. The number of fused-ring (bicyclic) bond motifs is 1. The van der Waals surface area contributed by atoms with E-state index in [2.05, 4.69) is 0 Å². The van der Waals surface area contributed by atoms with Crippen molar-refractivity contribution >= 4 is 5.91 Å². The molecule has 2 aliphatic heterocycles. The lowest BCUT2D eigenvalue weighted by molar-refractivity contribution is -0.146. The highest BCUT2D eigenvalue weighted by atomic mass is 16.5. The number of amides is 1. The van der Waals surface area contributed by atoms with Crippen LogP contribution in [0.15, 0.2) is 0 Å². The van der Waals surface area contributed by atoms with Crippen molar-refractivity contribution in [3.63, 3.8) is 0 Å². The van der Waals surface area contributed by atoms with Crippen molar-refractivity contribution in [1.82, 2.24) is 4.90 Å². The predicted molar refractivity (Wildman–Crippen MR) is 89.7 cm³/mol. The summed E-state index contributed by atoms with van der Waals surface area (Å²) in [5.41, 5.74) is 0.0101. The minimum atomic E-state index is 0.0101. The van der Waals surface area contributed by atoms with Crippen LogP contribution in [-0.4, -0.2) is 62.5 Å². The Labute approximate surface area is 145 Å². The van der Waals surface area contributed by atoms with Crippen LogP contribution in [0.25, 0.3) is 0 Å². The number of piperidine rings is 1. The van der Waals surface area contributed by atoms with Gasteiger partial charge in [0.15, 0.2) is 0 Å². The number of rotatable bonds is 7. The summed E-state index contributed by atoms with van der Waals surface area (Å²) >= 11 is 0. The van der Waals surface area contributed by atoms with Gasteiger partial charge in [-0.2, -0.15) is 0 Å². The molecule has 2 heterocycles. The third kappa shape index (κ3) is 3.78. The first kappa shape index (κ1) is 16.8. The van der Waals surface area contributed by atoms with E-state index < -0.39 is 0 Å². The molecule has 0 aromatic carbocycles. The molecule has 0 bridgehead atoms. The summed E-state index contributed by atoms with van der Waals surface area (Å²) in [6, 6.07) is 0. The van der Waals surface area contributed by atoms with E-state index in [-0.39, 0.29) is 24.0 Å². The molecule has 5 heteroatoms. The highest BCUT2D eigenvalue weighted by Crippen LogP contribution is 2.41. The Bertz CT molecular complexity index is 447. The lowest BCUT2D eigenvalue weighted by Crippen LogP contribution is -2.54. The summed E-state index contributed by atoms with van der Waals surface area (Å²) in [5.74, 6) is 0.928. The molecular formula is C19H31NO4. The van der Waals surface area contributed by atoms with Crippen LogP contribution in [0.3, 0.4) is 0 Å². The summed E-state index contributed by atoms with van der Waals surface area (Å²) in [6.07, 6.45) is 9.84. The van der Waals surface area contributed by atoms with Crippen molar-refractivity contribution in [3.8, 4) is 0 Å². The number of ether oxygens (including phenoxy) is 3. The summed E-state index contributed by atoms with van der Waals surface area (Å²) < 4.78 is 17.8. The van der Waals surface area contributed by atoms with Crippen molar-refractivity contribution in [2.75, 3.05) is 39.5 Å². The van der Waals surface area contributed by atoms with Gasteiger partial charge in [-0.05, 0) is 44.4 Å². The van der Waals surface area contributed by atoms with Crippen molar-refractivity contribution < 1.29 is 19.0 Å². The van der Waals surface area contributed by atoms with Gasteiger partial charge >= 0.3 is 0 Å². The molecule has 0 radical (unpaired) electrons. The van der Waals surface area contributed by atoms with E-state index in [1.54, 1.807) is 0 Å². The Kier molecular flexibility index (Phi) is 5.11. The highest BCUT2D eigenvalue weighted by molar-refractivity contribution is 5.77. The number of likely N-dealkylation sites (tertiary alicyclic amines) is 1. The zero-order valence-electron chi connectivity index (χ0n) is 14.7. The van der Waals surface area contributed by atoms with Crippen LogP contribution in [0, 0.1) is 11.3 Å². The second kappa shape index (κ2) is 7.30. The minimum Gasteiger partial charge on any atom is -0.380 e. The molecule has 4 fully saturated rings. The van der Waals surface area contributed by atoms with E-state index in [9.17, 15) is 4.79 Å². The molecule has 4 aliphatic rings. The third-order valence-corrected chi connectivity index (χ3v) is 6.31. The maximum absolute atomic E-state index is 12.6. The SMILES string of the molecule is O=C(COC1CCCC1)N1CC[C@@H]2OCC[C@]2(COCC2CC2)C1. The first-order valence-corrected chi connectivity index (χ1v) is 9.84. The van der Waals surface area contributed by atoms with Crippen LogP contribution in [0.1, 0.15) is 51.4 Å². The number of hydrogen-bond donors (Lipinski definition) is 0. The van der Waals surface area contributed by atoms with Gasteiger partial charge in [0.1, 0.15) is 6.61 Å². The Hall–Kier alpha value is -0.650. The monoisotopic (exact) mass is 337 g/mol. The van der Waals surface area contributed by atoms with E-state index in [0.717, 1.165) is 64.5 Å². The van der Waals surface area contributed by atoms with Crippen LogP contribution in [-0.2, 0) is 19.0 Å². The molecule has 0 N–H and O–H groups in total. The van der Waals surface area contributed by atoms with Gasteiger partial charge in [0.05, 0.1) is 18.8 Å². The topological polar surface area (TPSA) is 48.0 Å². The molecule has 0 aromatic heterocycles. The van der Waals surface area contributed by atoms with E-state index in [4.69, 9.17) is 14.2 Å². The molecule has 2 saturated heterocycles. The lowest BCUT2D eigenvalue weighted by Gasteiger charge is -2.43. The van der Waals surface area contributed by atoms with Gasteiger partial charge in [0.2, 0.25) is 5.91 Å². The Morgan fingerprint density at radius 3 is 2.79 bits per heavy atom. The first-order valence-electron chi connectivity index (χ1n) is 9.84. The van der Waals surface area contributed by atoms with Gasteiger partial charge in [-0.15, -0.1) is 0 Å². The third-order valence-electron chi connectivity index (χ3n) is 6.31. The fraction of sp³-hybridized carbons (Fsp3) is 0.947. The van der Waals surface area contributed by atoms with Gasteiger partial charge in [-0.3, -0.25) is 4.79 Å². The summed E-state index contributed by atoms with van der Waals surface area (Å²) in [6.45, 7) is 4.24. The van der Waals surface area contributed by atoms with Crippen LogP contribution < -0.4 is 0 Å². The quantitative estimate of drug-likeness (QED) is 0.716. The van der Waals surface area contributed by atoms with Gasteiger partial charge < -0.3 is 19.1 Å². The minimum absolute atomic E-state index is 0.0101. The molecule has 4 rings (SSSR count). The molecule has 2 aliphatic carbocycles. The van der Waals surface area contributed by atoms with Gasteiger partial charge in [0.25, 0.3) is 0 Å². The lowest BCUT2D eigenvalue weighted by atomic mass is 9.77. The van der Waals surface area contributed by atoms with Gasteiger partial charge in [-0.25, -0.2) is 0 Å². The standard InChI is InChI=1S/C19H31NO4/c21-18(12-24-16-3-1-2-4-16)20-9-7-17-19(13-20,8-10-23-17)14-22-11-15-5-6-15/h15-17H,1-14H2/t17-,19+/m0/s1. The summed E-state index contributed by atoms with van der Waals surface area (Å²) in [7, 11) is 0. The second-order valence-corrected chi connectivity index (χ2v) is 8.25. The Morgan fingerprint density at radius 2 is 2.00 bits per heavy atom. The Balaban J connectivity index is 1.30. The maximum Gasteiger partial charge on any atom is 0.248 e. The molecule has 136 valence electrons. The maximum atomic E-state index is 12.6. The number of carbonyl (C=O) groups excluding carboxylic acids is 1. The zero-order valence-corrected chi connectivity index (χ0v) is 14.7. The van der Waals surface area contributed by atoms with Crippen LogP contribution in [0.5, 0.6) is 0 Å². The normalized spacial score (nSPS) is 33.8. The highest BCUT2D eigenvalue weighted by Gasteiger charge is 2.49. The number of hydrogen-bond acceptors (Lipinski definition) is 4. The Morgan fingerprint density at radius 1 is 1.17 bits per heavy atom. The molecule has 2 atom stereocenters. The van der Waals surface area contributed by atoms with Gasteiger partial charge in [-0.1, -0.05) is 12.8 Å². The molecule has 5 nitrogen and oxygen atoms in total. The zero-order chi connectivity index (χ0) is 16.4. The second-order valence-electron chi connectivity index (χ2n) is 8.25. The number of carbonyl (C=O) groups is 1. The van der Waals surface area contributed by atoms with Crippen LogP contribution in [0.4, 0.5) is 0 Å². The average Bonchev–Trinajstić information content (AvgIpc) is 3.11. The van der Waals surface area contributed by atoms with Gasteiger partial charge in [0, 0.05) is 31.7 Å². The number of nitrogens with zero attached hydrogens (tertiary/aromatic N) is 1. The molecule has 24 heavy (non-hydrogen) atoms. The fourth-order valence-corrected chi connectivity index (χ4v) is 4.52. The van der Waals surface area contributed by atoms with Crippen molar-refractivity contribution in [3.05, 3.63) is 0 Å². The summed E-state index contributed by atoms with van der Waals surface area (Å²) in [4.78, 5) is 14.6. The average molecular weight is 337 g/mol. The van der Waals surface area contributed by atoms with Crippen molar-refractivity contribution in [2.45, 2.75) is 63.6 Å². The van der Waals surface area contributed by atoms with E-state index in [1.807, 2.05) is 4.90 Å². The molecule has 0 spiro atoms. The van der Waals surface area contributed by atoms with E-state index in [0.29, 0.717) is 6.10 Å². The largest absolute Gasteiger partial charge is 0.380 e. The van der Waals surface area contributed by atoms with Crippen LogP contribution >= 0.6 is 0 Å². The fourth-order valence-electron chi connectivity index (χ4n) is 4.52. The van der Waals surface area contributed by atoms with E-state index >= 15 is 0 Å². The molecule has 2 saturated carbocycles. The summed E-state index contributed by atoms with van der Waals surface area (Å²) in [5, 5.41) is 0. The smallest absolute Gasteiger partial charge is 0.248 e. The van der Waals surface area contributed by atoms with E-state index in [1.165, 1.54) is 25.7 Å². The molecule has 1 amide bonds. The van der Waals surface area contributed by atoms with Crippen molar-refractivity contribution in [2.24, 2.45) is 11.3 Å². The molecule has 0 aromatic rings. The van der Waals surface area contributed by atoms with Crippen LogP contribution in [0.2, 0.25) is 0 Å². The predicted octanol–water partition coefficient (Wildman–Crippen LogP) is 2.38. The first-order chi connectivity index (χ1) is 11.8. The van der Waals surface area contributed by atoms with Crippen molar-refractivity contribution in [1.29, 1.82) is 0 Å². The molecular weight excluding hydrogens is 306 g/mol.